The zero-order chi connectivity index (χ0) is 10.6. The van der Waals surface area contributed by atoms with Crippen molar-refractivity contribution in [3.8, 4) is 0 Å². The van der Waals surface area contributed by atoms with Gasteiger partial charge in [0.05, 0.1) is 24.4 Å². The molecule has 0 aliphatic carbocycles. The highest BCUT2D eigenvalue weighted by atomic mass is 16.5. The van der Waals surface area contributed by atoms with Crippen LogP contribution in [-0.4, -0.2) is 40.7 Å². The Hall–Kier alpha value is -0.160. The van der Waals surface area contributed by atoms with E-state index >= 15 is 0 Å². The van der Waals surface area contributed by atoms with Crippen LogP contribution >= 0.6 is 0 Å². The molecule has 0 spiro atoms. The fourth-order valence-electron chi connectivity index (χ4n) is 1.29. The van der Waals surface area contributed by atoms with Crippen LogP contribution in [0.4, 0.5) is 0 Å². The molecule has 0 amide bonds. The second-order valence-electron chi connectivity index (χ2n) is 3.10. The third kappa shape index (κ3) is 2.91. The van der Waals surface area contributed by atoms with Crippen LogP contribution in [0.2, 0.25) is 0 Å². The Morgan fingerprint density at radius 2 is 1.46 bits per heavy atom. The van der Waals surface area contributed by atoms with Gasteiger partial charge in [0.25, 0.3) is 0 Å². The Morgan fingerprint density at radius 3 is 1.92 bits per heavy atom. The molecule has 0 saturated carbocycles. The molecule has 0 bridgehead atoms. The van der Waals surface area contributed by atoms with Gasteiger partial charge in [0.2, 0.25) is 0 Å². The van der Waals surface area contributed by atoms with Crippen molar-refractivity contribution in [2.75, 3.05) is 0 Å². The second-order valence-corrected chi connectivity index (χ2v) is 3.10. The summed E-state index contributed by atoms with van der Waals surface area (Å²) in [5.41, 5.74) is 5.54. The van der Waals surface area contributed by atoms with Gasteiger partial charge in [-0.25, -0.2) is 0 Å². The van der Waals surface area contributed by atoms with Gasteiger partial charge < -0.3 is 20.7 Å². The lowest BCUT2D eigenvalue weighted by atomic mass is 9.95. The molecule has 0 aromatic rings. The molecule has 4 N–H and O–H groups in total. The van der Waals surface area contributed by atoms with Gasteiger partial charge in [0.1, 0.15) is 6.10 Å². The SMILES string of the molecule is CC.C[C@@H]1O[C@@H](C)[C@H](O)[C@@H](O)[C@H]1N. The number of aliphatic hydroxyl groups is 2. The maximum atomic E-state index is 9.33. The fraction of sp³-hybridized carbons (Fsp3) is 1.00. The molecule has 1 saturated heterocycles. The quantitative estimate of drug-likeness (QED) is 0.498. The molecule has 1 heterocycles. The van der Waals surface area contributed by atoms with Crippen molar-refractivity contribution in [3.05, 3.63) is 0 Å². The zero-order valence-corrected chi connectivity index (χ0v) is 8.77. The summed E-state index contributed by atoms with van der Waals surface area (Å²) in [5, 5.41) is 18.6. The normalized spacial score (nSPS) is 45.0. The molecule has 13 heavy (non-hydrogen) atoms. The number of nitrogens with two attached hydrogens (primary N) is 1. The Balaban J connectivity index is 0.000000671. The first kappa shape index (κ1) is 12.8. The summed E-state index contributed by atoms with van der Waals surface area (Å²) >= 11 is 0. The van der Waals surface area contributed by atoms with Gasteiger partial charge in [-0.3, -0.25) is 0 Å². The predicted octanol–water partition coefficient (Wildman–Crippen LogP) is -0.131. The van der Waals surface area contributed by atoms with Gasteiger partial charge in [-0.15, -0.1) is 0 Å². The van der Waals surface area contributed by atoms with Crippen LogP contribution in [0.25, 0.3) is 0 Å². The minimum Gasteiger partial charge on any atom is -0.389 e. The van der Waals surface area contributed by atoms with Crippen LogP contribution in [0.3, 0.4) is 0 Å². The number of ether oxygens (including phenoxy) is 1. The van der Waals surface area contributed by atoms with Crippen molar-refractivity contribution in [1.82, 2.24) is 0 Å². The number of hydrogen-bond donors (Lipinski definition) is 3. The monoisotopic (exact) mass is 191 g/mol. The molecule has 4 heteroatoms. The second kappa shape index (κ2) is 5.54. The number of rotatable bonds is 0. The molecule has 0 aromatic carbocycles. The smallest absolute Gasteiger partial charge is 0.107 e. The first-order chi connectivity index (χ1) is 6.04. The van der Waals surface area contributed by atoms with E-state index in [1.165, 1.54) is 0 Å². The van der Waals surface area contributed by atoms with Crippen LogP contribution < -0.4 is 5.73 Å². The fourth-order valence-corrected chi connectivity index (χ4v) is 1.29. The lowest BCUT2D eigenvalue weighted by Crippen LogP contribution is -2.59. The van der Waals surface area contributed by atoms with Gasteiger partial charge in [0, 0.05) is 0 Å². The van der Waals surface area contributed by atoms with Crippen LogP contribution in [0.1, 0.15) is 27.7 Å². The van der Waals surface area contributed by atoms with Crippen molar-refractivity contribution in [1.29, 1.82) is 0 Å². The van der Waals surface area contributed by atoms with Crippen LogP contribution in [0.15, 0.2) is 0 Å². The largest absolute Gasteiger partial charge is 0.389 e. The molecular formula is C9H21NO3. The van der Waals surface area contributed by atoms with Gasteiger partial charge in [-0.1, -0.05) is 13.8 Å². The number of hydrogen-bond acceptors (Lipinski definition) is 4. The van der Waals surface area contributed by atoms with Gasteiger partial charge >= 0.3 is 0 Å². The lowest BCUT2D eigenvalue weighted by Gasteiger charge is -2.38. The molecule has 0 radical (unpaired) electrons. The minimum atomic E-state index is -0.867. The molecule has 0 unspecified atom stereocenters. The summed E-state index contributed by atoms with van der Waals surface area (Å²) < 4.78 is 5.25. The predicted molar refractivity (Wildman–Crippen MR) is 51.3 cm³/mol. The van der Waals surface area contributed by atoms with E-state index in [9.17, 15) is 10.2 Å². The average molecular weight is 191 g/mol. The van der Waals surface area contributed by atoms with Gasteiger partial charge in [0.15, 0.2) is 0 Å². The molecule has 1 fully saturated rings. The third-order valence-electron chi connectivity index (χ3n) is 2.20. The van der Waals surface area contributed by atoms with Gasteiger partial charge in [-0.05, 0) is 13.8 Å². The molecule has 0 aromatic heterocycles. The zero-order valence-electron chi connectivity index (χ0n) is 8.77. The van der Waals surface area contributed by atoms with E-state index in [1.807, 2.05) is 13.8 Å². The topological polar surface area (TPSA) is 75.7 Å². The maximum absolute atomic E-state index is 9.33. The summed E-state index contributed by atoms with van der Waals surface area (Å²) in [4.78, 5) is 0. The summed E-state index contributed by atoms with van der Waals surface area (Å²) in [6, 6.07) is -0.485. The molecule has 80 valence electrons. The first-order valence-corrected chi connectivity index (χ1v) is 4.81. The molecule has 4 nitrogen and oxygen atoms in total. The standard InChI is InChI=1S/C7H15NO3.C2H6/c1-3-5(8)7(10)6(9)4(2)11-3;1-2/h3-7,9-10H,8H2,1-2H3;1-2H3/t3-,4-,5-,6-,7-;/m0./s1. The summed E-state index contributed by atoms with van der Waals surface area (Å²) in [6.07, 6.45) is -2.25. The Labute approximate surface area is 79.7 Å². The summed E-state index contributed by atoms with van der Waals surface area (Å²) in [5.74, 6) is 0. The lowest BCUT2D eigenvalue weighted by molar-refractivity contribution is -0.166. The average Bonchev–Trinajstić information content (AvgIpc) is 2.15. The maximum Gasteiger partial charge on any atom is 0.107 e. The molecular weight excluding hydrogens is 170 g/mol. The highest BCUT2D eigenvalue weighted by molar-refractivity contribution is 4.91. The Kier molecular flexibility index (Phi) is 5.48. The van der Waals surface area contributed by atoms with Crippen molar-refractivity contribution in [3.63, 3.8) is 0 Å². The van der Waals surface area contributed by atoms with Crippen molar-refractivity contribution in [2.24, 2.45) is 5.73 Å². The van der Waals surface area contributed by atoms with Crippen LogP contribution in [-0.2, 0) is 4.74 Å². The molecule has 1 rings (SSSR count). The van der Waals surface area contributed by atoms with Crippen molar-refractivity contribution in [2.45, 2.75) is 58.2 Å². The Morgan fingerprint density at radius 1 is 1.00 bits per heavy atom. The van der Waals surface area contributed by atoms with E-state index in [4.69, 9.17) is 10.5 Å². The number of aliphatic hydroxyl groups excluding tert-OH is 2. The Bertz CT molecular complexity index is 129. The van der Waals surface area contributed by atoms with E-state index in [2.05, 4.69) is 0 Å². The van der Waals surface area contributed by atoms with Crippen molar-refractivity contribution < 1.29 is 14.9 Å². The third-order valence-corrected chi connectivity index (χ3v) is 2.20. The van der Waals surface area contributed by atoms with Crippen molar-refractivity contribution >= 4 is 0 Å². The van der Waals surface area contributed by atoms with E-state index < -0.39 is 18.2 Å². The van der Waals surface area contributed by atoms with Crippen LogP contribution in [0.5, 0.6) is 0 Å². The van der Waals surface area contributed by atoms with E-state index in [1.54, 1.807) is 13.8 Å². The van der Waals surface area contributed by atoms with E-state index in [0.29, 0.717) is 0 Å². The summed E-state index contributed by atoms with van der Waals surface area (Å²) in [6.45, 7) is 7.51. The molecule has 1 aliphatic heterocycles. The van der Waals surface area contributed by atoms with Crippen LogP contribution in [0, 0.1) is 0 Å². The molecule has 1 aliphatic rings. The summed E-state index contributed by atoms with van der Waals surface area (Å²) in [7, 11) is 0. The first-order valence-electron chi connectivity index (χ1n) is 4.81. The van der Waals surface area contributed by atoms with Gasteiger partial charge in [-0.2, -0.15) is 0 Å². The van der Waals surface area contributed by atoms with E-state index in [0.717, 1.165) is 0 Å². The molecule has 5 atom stereocenters. The highest BCUT2D eigenvalue weighted by Gasteiger charge is 2.38. The van der Waals surface area contributed by atoms with E-state index in [-0.39, 0.29) is 12.2 Å². The highest BCUT2D eigenvalue weighted by Crippen LogP contribution is 2.18. The minimum absolute atomic E-state index is 0.191.